The van der Waals surface area contributed by atoms with Gasteiger partial charge in [0, 0.05) is 26.1 Å². The molecule has 1 atom stereocenters. The number of carbonyl (C=O) groups is 1. The summed E-state index contributed by atoms with van der Waals surface area (Å²) in [5.74, 6) is -1.94. The van der Waals surface area contributed by atoms with Gasteiger partial charge in [-0.3, -0.25) is 10.1 Å². The molecule has 8 heteroatoms. The first-order chi connectivity index (χ1) is 10.3. The zero-order chi connectivity index (χ0) is 16.3. The highest BCUT2D eigenvalue weighted by Gasteiger charge is 2.43. The summed E-state index contributed by atoms with van der Waals surface area (Å²) in [6.07, 6.45) is -0.461. The summed E-state index contributed by atoms with van der Waals surface area (Å²) in [5, 5.41) is 2.57. The molecule has 1 saturated heterocycles. The van der Waals surface area contributed by atoms with Crippen molar-refractivity contribution < 1.29 is 23.0 Å². The number of hydrogen-bond donors (Lipinski definition) is 1. The van der Waals surface area contributed by atoms with Gasteiger partial charge in [0.1, 0.15) is 11.5 Å². The molecule has 1 aromatic rings. The van der Waals surface area contributed by atoms with Crippen molar-refractivity contribution in [1.29, 1.82) is 0 Å². The van der Waals surface area contributed by atoms with Crippen molar-refractivity contribution in [2.75, 3.05) is 27.8 Å². The standard InChI is InChI=1S/C15H20F2N2O3.ClH/c1-19(14(20)13-7-15(16,17)9-18-13)8-10-4-11(21-2)6-12(5-10)22-3;/h4-6,13,18H,7-9H2,1-3H3;1H. The van der Waals surface area contributed by atoms with Gasteiger partial charge in [-0.25, -0.2) is 8.78 Å². The first kappa shape index (κ1) is 19.4. The lowest BCUT2D eigenvalue weighted by atomic mass is 10.1. The molecule has 23 heavy (non-hydrogen) atoms. The quantitative estimate of drug-likeness (QED) is 0.883. The fraction of sp³-hybridized carbons (Fsp3) is 0.533. The number of alkyl halides is 2. The monoisotopic (exact) mass is 350 g/mol. The summed E-state index contributed by atoms with van der Waals surface area (Å²) in [6, 6.07) is 4.45. The van der Waals surface area contributed by atoms with E-state index in [1.54, 1.807) is 25.2 Å². The number of halogens is 3. The number of nitrogens with one attached hydrogen (secondary N) is 1. The van der Waals surface area contributed by atoms with Crippen LogP contribution in [0.15, 0.2) is 18.2 Å². The Bertz CT molecular complexity index is 535. The molecule has 1 heterocycles. The van der Waals surface area contributed by atoms with Gasteiger partial charge in [0.2, 0.25) is 5.91 Å². The second-order valence-corrected chi connectivity index (χ2v) is 5.41. The molecule has 0 spiro atoms. The number of nitrogens with zero attached hydrogens (tertiary/aromatic N) is 1. The molecular weight excluding hydrogens is 330 g/mol. The number of methoxy groups -OCH3 is 2. The lowest BCUT2D eigenvalue weighted by Crippen LogP contribution is -2.41. The number of hydrogen-bond acceptors (Lipinski definition) is 4. The van der Waals surface area contributed by atoms with Gasteiger partial charge in [-0.15, -0.1) is 12.4 Å². The maximum Gasteiger partial charge on any atom is 0.262 e. The van der Waals surface area contributed by atoms with Gasteiger partial charge in [0.15, 0.2) is 0 Å². The number of rotatable bonds is 5. The van der Waals surface area contributed by atoms with Crippen LogP contribution >= 0.6 is 12.4 Å². The zero-order valence-corrected chi connectivity index (χ0v) is 14.1. The fourth-order valence-corrected chi connectivity index (χ4v) is 2.47. The van der Waals surface area contributed by atoms with Crippen molar-refractivity contribution in [2.24, 2.45) is 0 Å². The second-order valence-electron chi connectivity index (χ2n) is 5.41. The van der Waals surface area contributed by atoms with Gasteiger partial charge in [-0.2, -0.15) is 0 Å². The molecule has 0 aromatic heterocycles. The van der Waals surface area contributed by atoms with E-state index in [-0.39, 0.29) is 24.9 Å². The van der Waals surface area contributed by atoms with Crippen LogP contribution in [0, 0.1) is 0 Å². The van der Waals surface area contributed by atoms with Crippen molar-refractivity contribution >= 4 is 18.3 Å². The van der Waals surface area contributed by atoms with Crippen molar-refractivity contribution in [1.82, 2.24) is 10.2 Å². The van der Waals surface area contributed by atoms with E-state index < -0.39 is 24.9 Å². The maximum absolute atomic E-state index is 13.2. The summed E-state index contributed by atoms with van der Waals surface area (Å²) in [6.45, 7) is -0.166. The fourth-order valence-electron chi connectivity index (χ4n) is 2.47. The molecule has 1 N–H and O–H groups in total. The average Bonchev–Trinajstić information content (AvgIpc) is 2.85. The van der Waals surface area contributed by atoms with Crippen LogP contribution in [-0.4, -0.2) is 50.6 Å². The summed E-state index contributed by atoms with van der Waals surface area (Å²) in [7, 11) is 4.67. The number of amides is 1. The molecule has 1 aliphatic heterocycles. The van der Waals surface area contributed by atoms with Gasteiger partial charge in [0.25, 0.3) is 5.92 Å². The number of ether oxygens (including phenoxy) is 2. The van der Waals surface area contributed by atoms with Gasteiger partial charge >= 0.3 is 0 Å². The maximum atomic E-state index is 13.2. The Morgan fingerprint density at radius 2 is 1.87 bits per heavy atom. The number of carbonyl (C=O) groups excluding carboxylic acids is 1. The predicted molar refractivity (Wildman–Crippen MR) is 84.6 cm³/mol. The first-order valence-electron chi connectivity index (χ1n) is 6.93. The Morgan fingerprint density at radius 3 is 2.30 bits per heavy atom. The van der Waals surface area contributed by atoms with Crippen LogP contribution in [0.3, 0.4) is 0 Å². The highest BCUT2D eigenvalue weighted by molar-refractivity contribution is 5.85. The van der Waals surface area contributed by atoms with Crippen LogP contribution in [0.4, 0.5) is 8.78 Å². The highest BCUT2D eigenvalue weighted by atomic mass is 35.5. The molecule has 1 unspecified atom stereocenters. The minimum absolute atomic E-state index is 0. The zero-order valence-electron chi connectivity index (χ0n) is 13.3. The van der Waals surface area contributed by atoms with E-state index in [9.17, 15) is 13.6 Å². The van der Waals surface area contributed by atoms with E-state index in [1.807, 2.05) is 0 Å². The van der Waals surface area contributed by atoms with Crippen molar-refractivity contribution in [3.8, 4) is 11.5 Å². The van der Waals surface area contributed by atoms with Crippen LogP contribution in [0.25, 0.3) is 0 Å². The average molecular weight is 351 g/mol. The van der Waals surface area contributed by atoms with Gasteiger partial charge in [0.05, 0.1) is 26.8 Å². The van der Waals surface area contributed by atoms with Crippen LogP contribution in [0.5, 0.6) is 11.5 Å². The van der Waals surface area contributed by atoms with E-state index in [2.05, 4.69) is 5.32 Å². The molecule has 0 aliphatic carbocycles. The molecule has 2 rings (SSSR count). The van der Waals surface area contributed by atoms with Crippen LogP contribution in [0.2, 0.25) is 0 Å². The third-order valence-electron chi connectivity index (χ3n) is 3.62. The SMILES string of the molecule is COc1cc(CN(C)C(=O)C2CC(F)(F)CN2)cc(OC)c1.Cl. The lowest BCUT2D eigenvalue weighted by Gasteiger charge is -2.21. The highest BCUT2D eigenvalue weighted by Crippen LogP contribution is 2.27. The van der Waals surface area contributed by atoms with Gasteiger partial charge in [-0.05, 0) is 17.7 Å². The van der Waals surface area contributed by atoms with Crippen molar-refractivity contribution in [2.45, 2.75) is 24.9 Å². The molecule has 0 radical (unpaired) electrons. The Labute approximate surface area is 140 Å². The van der Waals surface area contributed by atoms with Crippen LogP contribution in [0.1, 0.15) is 12.0 Å². The van der Waals surface area contributed by atoms with E-state index in [0.717, 1.165) is 5.56 Å². The molecule has 5 nitrogen and oxygen atoms in total. The number of benzene rings is 1. The largest absolute Gasteiger partial charge is 0.497 e. The van der Waals surface area contributed by atoms with E-state index in [1.165, 1.54) is 19.1 Å². The summed E-state index contributed by atoms with van der Waals surface area (Å²) in [5.41, 5.74) is 0.803. The summed E-state index contributed by atoms with van der Waals surface area (Å²) < 4.78 is 36.7. The summed E-state index contributed by atoms with van der Waals surface area (Å²) >= 11 is 0. The van der Waals surface area contributed by atoms with Gasteiger partial charge in [-0.1, -0.05) is 0 Å². The van der Waals surface area contributed by atoms with Crippen LogP contribution in [-0.2, 0) is 11.3 Å². The predicted octanol–water partition coefficient (Wildman–Crippen LogP) is 2.08. The Balaban J connectivity index is 0.00000264. The molecule has 0 bridgehead atoms. The lowest BCUT2D eigenvalue weighted by molar-refractivity contribution is -0.132. The third kappa shape index (κ3) is 4.94. The first-order valence-corrected chi connectivity index (χ1v) is 6.93. The van der Waals surface area contributed by atoms with E-state index in [4.69, 9.17) is 9.47 Å². The molecule has 1 amide bonds. The summed E-state index contributed by atoms with van der Waals surface area (Å²) in [4.78, 5) is 13.6. The Kier molecular flexibility index (Phi) is 6.58. The second kappa shape index (κ2) is 7.79. The molecule has 1 fully saturated rings. The van der Waals surface area contributed by atoms with E-state index in [0.29, 0.717) is 11.5 Å². The van der Waals surface area contributed by atoms with E-state index >= 15 is 0 Å². The smallest absolute Gasteiger partial charge is 0.262 e. The van der Waals surface area contributed by atoms with Crippen molar-refractivity contribution in [3.63, 3.8) is 0 Å². The minimum atomic E-state index is -2.82. The normalized spacial score (nSPS) is 18.9. The topological polar surface area (TPSA) is 50.8 Å². The molecule has 0 saturated carbocycles. The van der Waals surface area contributed by atoms with Crippen LogP contribution < -0.4 is 14.8 Å². The molecule has 130 valence electrons. The number of likely N-dealkylation sites (N-methyl/N-ethyl adjacent to an activating group) is 1. The third-order valence-corrected chi connectivity index (χ3v) is 3.62. The molecular formula is C15H21ClF2N2O3. The Morgan fingerprint density at radius 1 is 1.30 bits per heavy atom. The molecule has 1 aromatic carbocycles. The van der Waals surface area contributed by atoms with Crippen molar-refractivity contribution in [3.05, 3.63) is 23.8 Å². The Hall–Kier alpha value is -1.60. The minimum Gasteiger partial charge on any atom is -0.497 e. The molecule has 1 aliphatic rings. The van der Waals surface area contributed by atoms with Gasteiger partial charge < -0.3 is 14.4 Å².